The van der Waals surface area contributed by atoms with Crippen LogP contribution in [-0.4, -0.2) is 21.0 Å². The fraction of sp³-hybridized carbons (Fsp3) is 0.214. The van der Waals surface area contributed by atoms with Gasteiger partial charge in [0.25, 0.3) is 0 Å². The van der Waals surface area contributed by atoms with Crippen LogP contribution in [0.2, 0.25) is 0 Å². The molecule has 0 radical (unpaired) electrons. The maximum Gasteiger partial charge on any atom is 0.336 e. The van der Waals surface area contributed by atoms with E-state index in [-0.39, 0.29) is 5.56 Å². The summed E-state index contributed by atoms with van der Waals surface area (Å²) < 4.78 is 13.1. The average Bonchev–Trinajstić information content (AvgIpc) is 2.36. The second-order valence-corrected chi connectivity index (χ2v) is 5.27. The third kappa shape index (κ3) is 3.54. The Morgan fingerprint density at radius 1 is 1.25 bits per heavy atom. The topological polar surface area (TPSA) is 63.1 Å². The predicted octanol–water partition coefficient (Wildman–Crippen LogP) is 3.22. The van der Waals surface area contributed by atoms with Gasteiger partial charge in [0.1, 0.15) is 5.82 Å². The summed E-state index contributed by atoms with van der Waals surface area (Å²) in [6.45, 7) is 3.75. The summed E-state index contributed by atoms with van der Waals surface area (Å²) in [6, 6.07) is 5.63. The number of rotatable bonds is 4. The normalized spacial score (nSPS) is 10.6. The molecule has 0 amide bonds. The third-order valence-electron chi connectivity index (χ3n) is 2.62. The van der Waals surface area contributed by atoms with Crippen molar-refractivity contribution < 1.29 is 14.3 Å². The highest BCUT2D eigenvalue weighted by Crippen LogP contribution is 2.23. The number of aromatic nitrogens is 2. The molecule has 0 saturated carbocycles. The molecule has 1 aromatic heterocycles. The SMILES string of the molecule is Cc1cc(C)nc(SCc2ccc(F)cc2C(=O)O)n1. The number of carbonyl (C=O) groups is 1. The number of aryl methyl sites for hydroxylation is 2. The van der Waals surface area contributed by atoms with Gasteiger partial charge in [0.15, 0.2) is 5.16 Å². The largest absolute Gasteiger partial charge is 0.478 e. The van der Waals surface area contributed by atoms with E-state index >= 15 is 0 Å². The Balaban J connectivity index is 2.20. The minimum absolute atomic E-state index is 0.0260. The zero-order chi connectivity index (χ0) is 14.7. The van der Waals surface area contributed by atoms with E-state index < -0.39 is 11.8 Å². The molecule has 4 nitrogen and oxygen atoms in total. The van der Waals surface area contributed by atoms with Crippen LogP contribution in [0.4, 0.5) is 4.39 Å². The number of aromatic carboxylic acids is 1. The monoisotopic (exact) mass is 292 g/mol. The number of carboxylic acids is 1. The first-order valence-corrected chi connectivity index (χ1v) is 6.91. The zero-order valence-corrected chi connectivity index (χ0v) is 11.9. The maximum absolute atomic E-state index is 13.1. The van der Waals surface area contributed by atoms with Crippen molar-refractivity contribution in [3.05, 3.63) is 52.6 Å². The molecule has 0 bridgehead atoms. The first-order valence-electron chi connectivity index (χ1n) is 5.92. The predicted molar refractivity (Wildman–Crippen MR) is 74.4 cm³/mol. The number of nitrogens with zero attached hydrogens (tertiary/aromatic N) is 2. The quantitative estimate of drug-likeness (QED) is 0.692. The van der Waals surface area contributed by atoms with E-state index in [2.05, 4.69) is 9.97 Å². The molecule has 6 heteroatoms. The van der Waals surface area contributed by atoms with E-state index in [1.54, 1.807) is 0 Å². The minimum atomic E-state index is -1.14. The molecule has 0 atom stereocenters. The Bertz CT molecular complexity index is 641. The highest BCUT2D eigenvalue weighted by Gasteiger charge is 2.12. The van der Waals surface area contributed by atoms with Gasteiger partial charge < -0.3 is 5.11 Å². The molecule has 0 aliphatic rings. The summed E-state index contributed by atoms with van der Waals surface area (Å²) in [7, 11) is 0. The number of hydrogen-bond donors (Lipinski definition) is 1. The summed E-state index contributed by atoms with van der Waals surface area (Å²) in [4.78, 5) is 19.6. The van der Waals surface area contributed by atoms with Crippen molar-refractivity contribution in [3.8, 4) is 0 Å². The Morgan fingerprint density at radius 3 is 2.50 bits per heavy atom. The van der Waals surface area contributed by atoms with Crippen molar-refractivity contribution in [3.63, 3.8) is 0 Å². The second kappa shape index (κ2) is 6.00. The summed E-state index contributed by atoms with van der Waals surface area (Å²) in [6.07, 6.45) is 0. The van der Waals surface area contributed by atoms with Gasteiger partial charge >= 0.3 is 5.97 Å². The Kier molecular flexibility index (Phi) is 4.34. The summed E-state index contributed by atoms with van der Waals surface area (Å²) in [5, 5.41) is 9.65. The van der Waals surface area contributed by atoms with Crippen molar-refractivity contribution in [1.29, 1.82) is 0 Å². The lowest BCUT2D eigenvalue weighted by Crippen LogP contribution is -2.03. The van der Waals surface area contributed by atoms with Gasteiger partial charge in [0, 0.05) is 17.1 Å². The summed E-state index contributed by atoms with van der Waals surface area (Å²) in [5.41, 5.74) is 2.24. The molecule has 0 fully saturated rings. The van der Waals surface area contributed by atoms with Crippen LogP contribution in [0.3, 0.4) is 0 Å². The van der Waals surface area contributed by atoms with Gasteiger partial charge in [-0.1, -0.05) is 17.8 Å². The smallest absolute Gasteiger partial charge is 0.336 e. The molecule has 0 spiro atoms. The lowest BCUT2D eigenvalue weighted by molar-refractivity contribution is 0.0695. The van der Waals surface area contributed by atoms with E-state index in [4.69, 9.17) is 5.11 Å². The van der Waals surface area contributed by atoms with Crippen LogP contribution < -0.4 is 0 Å². The molecule has 0 aliphatic carbocycles. The van der Waals surface area contributed by atoms with E-state index in [9.17, 15) is 9.18 Å². The van der Waals surface area contributed by atoms with Crippen LogP contribution >= 0.6 is 11.8 Å². The van der Waals surface area contributed by atoms with E-state index in [1.165, 1.54) is 23.9 Å². The standard InChI is InChI=1S/C14H13FN2O2S/c1-8-5-9(2)17-14(16-8)20-7-10-3-4-11(15)6-12(10)13(18)19/h3-6H,7H2,1-2H3,(H,18,19). The number of carboxylic acid groups (broad SMARTS) is 1. The van der Waals surface area contributed by atoms with Crippen LogP contribution in [0, 0.1) is 19.7 Å². The molecule has 0 saturated heterocycles. The Labute approximate surface area is 120 Å². The van der Waals surface area contributed by atoms with E-state index in [0.717, 1.165) is 17.5 Å². The Morgan fingerprint density at radius 2 is 1.90 bits per heavy atom. The van der Waals surface area contributed by atoms with Gasteiger partial charge in [-0.2, -0.15) is 0 Å². The molecular formula is C14H13FN2O2S. The van der Waals surface area contributed by atoms with Gasteiger partial charge in [-0.3, -0.25) is 0 Å². The average molecular weight is 292 g/mol. The molecular weight excluding hydrogens is 279 g/mol. The maximum atomic E-state index is 13.1. The van der Waals surface area contributed by atoms with Gasteiger partial charge in [-0.15, -0.1) is 0 Å². The molecule has 104 valence electrons. The number of thioether (sulfide) groups is 1. The van der Waals surface area contributed by atoms with Crippen LogP contribution in [0.15, 0.2) is 29.4 Å². The van der Waals surface area contributed by atoms with Crippen LogP contribution in [0.1, 0.15) is 27.3 Å². The molecule has 20 heavy (non-hydrogen) atoms. The van der Waals surface area contributed by atoms with Crippen LogP contribution in [0.5, 0.6) is 0 Å². The van der Waals surface area contributed by atoms with Crippen molar-refractivity contribution in [2.45, 2.75) is 24.8 Å². The molecule has 1 aromatic carbocycles. The summed E-state index contributed by atoms with van der Waals surface area (Å²) in [5.74, 6) is -1.31. The highest BCUT2D eigenvalue weighted by atomic mass is 32.2. The van der Waals surface area contributed by atoms with Crippen LogP contribution in [-0.2, 0) is 5.75 Å². The third-order valence-corrected chi connectivity index (χ3v) is 3.52. The summed E-state index contributed by atoms with van der Waals surface area (Å²) >= 11 is 1.33. The van der Waals surface area contributed by atoms with Crippen molar-refractivity contribution in [1.82, 2.24) is 9.97 Å². The number of benzene rings is 1. The lowest BCUT2D eigenvalue weighted by atomic mass is 10.1. The van der Waals surface area contributed by atoms with E-state index in [0.29, 0.717) is 16.5 Å². The van der Waals surface area contributed by atoms with Gasteiger partial charge in [0.05, 0.1) is 5.56 Å². The first kappa shape index (κ1) is 14.5. The first-order chi connectivity index (χ1) is 9.45. The second-order valence-electron chi connectivity index (χ2n) is 4.33. The molecule has 0 unspecified atom stereocenters. The number of hydrogen-bond acceptors (Lipinski definition) is 4. The Hall–Kier alpha value is -1.95. The molecule has 1 N–H and O–H groups in total. The van der Waals surface area contributed by atoms with Crippen molar-refractivity contribution >= 4 is 17.7 Å². The minimum Gasteiger partial charge on any atom is -0.478 e. The lowest BCUT2D eigenvalue weighted by Gasteiger charge is -2.06. The fourth-order valence-electron chi connectivity index (χ4n) is 1.77. The molecule has 2 aromatic rings. The molecule has 0 aliphatic heterocycles. The van der Waals surface area contributed by atoms with Gasteiger partial charge in [-0.25, -0.2) is 19.2 Å². The zero-order valence-electron chi connectivity index (χ0n) is 11.1. The highest BCUT2D eigenvalue weighted by molar-refractivity contribution is 7.98. The van der Waals surface area contributed by atoms with E-state index in [1.807, 2.05) is 19.9 Å². The fourth-order valence-corrected chi connectivity index (χ4v) is 2.73. The van der Waals surface area contributed by atoms with Gasteiger partial charge in [0.2, 0.25) is 0 Å². The van der Waals surface area contributed by atoms with Crippen LogP contribution in [0.25, 0.3) is 0 Å². The van der Waals surface area contributed by atoms with Crippen molar-refractivity contribution in [2.24, 2.45) is 0 Å². The molecule has 1 heterocycles. The number of halogens is 1. The molecule has 2 rings (SSSR count). The van der Waals surface area contributed by atoms with Gasteiger partial charge in [-0.05, 0) is 37.6 Å². The van der Waals surface area contributed by atoms with Crippen molar-refractivity contribution in [2.75, 3.05) is 0 Å².